The predicted octanol–water partition coefficient (Wildman–Crippen LogP) is 11.0. The average molecular weight is 610 g/mol. The van der Waals surface area contributed by atoms with E-state index in [0.717, 1.165) is 37.0 Å². The number of hydrogen-bond donors (Lipinski definition) is 1. The summed E-state index contributed by atoms with van der Waals surface area (Å²) in [5, 5.41) is 10.5. The smallest absolute Gasteiger partial charge is 0.343 e. The molecular formula is C40H51NO4. The molecule has 1 atom stereocenters. The van der Waals surface area contributed by atoms with E-state index in [4.69, 9.17) is 9.47 Å². The predicted molar refractivity (Wildman–Crippen MR) is 186 cm³/mol. The normalized spacial score (nSPS) is 11.6. The number of carbonyl (C=O) groups is 1. The maximum absolute atomic E-state index is 12.6. The molecule has 0 aliphatic heterocycles. The van der Waals surface area contributed by atoms with Crippen LogP contribution < -0.4 is 9.47 Å². The molecule has 0 saturated heterocycles. The Labute approximate surface area is 271 Å². The number of carbonyl (C=O) groups excluding carboxylic acids is 1. The molecule has 3 aromatic rings. The lowest BCUT2D eigenvalue weighted by atomic mass is 10.1. The fraction of sp³-hybridized carbons (Fsp3) is 0.450. The van der Waals surface area contributed by atoms with Crippen molar-refractivity contribution in [3.05, 3.63) is 83.4 Å². The van der Waals surface area contributed by atoms with Gasteiger partial charge in [-0.3, -0.25) is 4.99 Å². The second-order valence-electron chi connectivity index (χ2n) is 11.7. The SMILES string of the molecule is CCCCCCCCCCC#Cc1ccc(C=Nc2ccc(OC(=O)c3ccc(OC(C)CCCCCC)cc3)cc2)c(O)c1. The molecule has 5 nitrogen and oxygen atoms in total. The number of rotatable bonds is 19. The van der Waals surface area contributed by atoms with Crippen molar-refractivity contribution in [1.29, 1.82) is 0 Å². The van der Waals surface area contributed by atoms with Gasteiger partial charge in [-0.15, -0.1) is 0 Å². The molecule has 0 aliphatic rings. The highest BCUT2D eigenvalue weighted by Crippen LogP contribution is 2.23. The summed E-state index contributed by atoms with van der Waals surface area (Å²) in [5.41, 5.74) is 2.54. The van der Waals surface area contributed by atoms with E-state index in [1.54, 1.807) is 48.7 Å². The van der Waals surface area contributed by atoms with Crippen molar-refractivity contribution in [2.75, 3.05) is 0 Å². The Balaban J connectivity index is 1.42. The minimum Gasteiger partial charge on any atom is -0.507 e. The van der Waals surface area contributed by atoms with Crippen LogP contribution >= 0.6 is 0 Å². The van der Waals surface area contributed by atoms with Crippen molar-refractivity contribution in [2.24, 2.45) is 4.99 Å². The van der Waals surface area contributed by atoms with Gasteiger partial charge in [0, 0.05) is 23.8 Å². The first-order chi connectivity index (χ1) is 22.0. The van der Waals surface area contributed by atoms with Gasteiger partial charge in [0.1, 0.15) is 17.2 Å². The maximum atomic E-state index is 12.6. The number of phenolic OH excluding ortho intramolecular Hbond substituents is 1. The van der Waals surface area contributed by atoms with E-state index >= 15 is 0 Å². The maximum Gasteiger partial charge on any atom is 0.343 e. The molecule has 1 N–H and O–H groups in total. The van der Waals surface area contributed by atoms with E-state index in [1.807, 2.05) is 24.3 Å². The molecule has 0 aromatic heterocycles. The number of unbranched alkanes of at least 4 members (excludes halogenated alkanes) is 11. The standard InChI is InChI=1S/C40H51NO4/c1-4-6-8-10-11-12-13-14-15-17-19-33-20-21-35(39(42)30-33)31-41-36-24-28-38(29-25-36)45-40(43)34-22-26-37(27-23-34)44-32(3)18-16-9-7-5-2/h20-32,42H,4-16,18H2,1-3H3. The molecule has 0 saturated carbocycles. The van der Waals surface area contributed by atoms with Gasteiger partial charge in [0.05, 0.1) is 17.4 Å². The first-order valence-electron chi connectivity index (χ1n) is 16.9. The van der Waals surface area contributed by atoms with Crippen molar-refractivity contribution in [3.63, 3.8) is 0 Å². The second kappa shape index (κ2) is 20.8. The van der Waals surface area contributed by atoms with E-state index < -0.39 is 5.97 Å². The highest BCUT2D eigenvalue weighted by atomic mass is 16.5. The minimum atomic E-state index is -0.434. The highest BCUT2D eigenvalue weighted by Gasteiger charge is 2.10. The number of aliphatic imine (C=N–C) groups is 1. The van der Waals surface area contributed by atoms with Crippen LogP contribution in [0, 0.1) is 11.8 Å². The van der Waals surface area contributed by atoms with Gasteiger partial charge < -0.3 is 14.6 Å². The van der Waals surface area contributed by atoms with Crippen LogP contribution in [0.15, 0.2) is 71.7 Å². The van der Waals surface area contributed by atoms with E-state index in [2.05, 4.69) is 37.6 Å². The molecule has 0 heterocycles. The summed E-state index contributed by atoms with van der Waals surface area (Å²) in [7, 11) is 0. The molecule has 3 aromatic carbocycles. The van der Waals surface area contributed by atoms with E-state index in [0.29, 0.717) is 22.6 Å². The van der Waals surface area contributed by atoms with Crippen LogP contribution in [0.5, 0.6) is 17.2 Å². The monoisotopic (exact) mass is 609 g/mol. The Bertz CT molecular complexity index is 1370. The van der Waals surface area contributed by atoms with Gasteiger partial charge in [0.2, 0.25) is 0 Å². The second-order valence-corrected chi connectivity index (χ2v) is 11.7. The van der Waals surface area contributed by atoms with Gasteiger partial charge in [0.15, 0.2) is 0 Å². The van der Waals surface area contributed by atoms with Crippen LogP contribution in [0.2, 0.25) is 0 Å². The van der Waals surface area contributed by atoms with Gasteiger partial charge in [-0.25, -0.2) is 4.79 Å². The lowest BCUT2D eigenvalue weighted by molar-refractivity contribution is 0.0734. The summed E-state index contributed by atoms with van der Waals surface area (Å²) in [6.07, 6.45) is 18.8. The number of aromatic hydroxyl groups is 1. The molecule has 3 rings (SSSR count). The third-order valence-corrected chi connectivity index (χ3v) is 7.71. The average Bonchev–Trinajstić information content (AvgIpc) is 3.04. The summed E-state index contributed by atoms with van der Waals surface area (Å²) in [4.78, 5) is 17.1. The summed E-state index contributed by atoms with van der Waals surface area (Å²) >= 11 is 0. The Hall–Kier alpha value is -4.04. The molecule has 45 heavy (non-hydrogen) atoms. The van der Waals surface area contributed by atoms with Gasteiger partial charge in [-0.05, 0) is 92.9 Å². The Kier molecular flexibility index (Phi) is 16.4. The van der Waals surface area contributed by atoms with E-state index in [-0.39, 0.29) is 11.9 Å². The molecule has 1 unspecified atom stereocenters. The van der Waals surface area contributed by atoms with Crippen LogP contribution in [-0.4, -0.2) is 23.4 Å². The molecule has 0 spiro atoms. The number of ether oxygens (including phenoxy) is 2. The molecule has 0 aliphatic carbocycles. The zero-order valence-corrected chi connectivity index (χ0v) is 27.5. The van der Waals surface area contributed by atoms with Crippen molar-refractivity contribution in [2.45, 2.75) is 117 Å². The van der Waals surface area contributed by atoms with Crippen molar-refractivity contribution in [3.8, 4) is 29.1 Å². The quantitative estimate of drug-likeness (QED) is 0.0483. The largest absolute Gasteiger partial charge is 0.507 e. The Morgan fingerprint density at radius 2 is 1.42 bits per heavy atom. The molecule has 0 radical (unpaired) electrons. The zero-order valence-electron chi connectivity index (χ0n) is 27.5. The molecule has 0 bridgehead atoms. The third kappa shape index (κ3) is 14.1. The summed E-state index contributed by atoms with van der Waals surface area (Å²) < 4.78 is 11.5. The van der Waals surface area contributed by atoms with Crippen LogP contribution in [-0.2, 0) is 0 Å². The zero-order chi connectivity index (χ0) is 32.1. The lowest BCUT2D eigenvalue weighted by Crippen LogP contribution is -2.12. The fourth-order valence-corrected chi connectivity index (χ4v) is 4.97. The van der Waals surface area contributed by atoms with Gasteiger partial charge >= 0.3 is 5.97 Å². The van der Waals surface area contributed by atoms with Crippen LogP contribution in [0.4, 0.5) is 5.69 Å². The fourth-order valence-electron chi connectivity index (χ4n) is 4.97. The highest BCUT2D eigenvalue weighted by molar-refractivity contribution is 5.91. The van der Waals surface area contributed by atoms with Crippen molar-refractivity contribution >= 4 is 17.9 Å². The number of nitrogens with zero attached hydrogens (tertiary/aromatic N) is 1. The van der Waals surface area contributed by atoms with Crippen LogP contribution in [0.3, 0.4) is 0 Å². The van der Waals surface area contributed by atoms with Gasteiger partial charge in [0.25, 0.3) is 0 Å². The molecule has 0 fully saturated rings. The molecule has 5 heteroatoms. The summed E-state index contributed by atoms with van der Waals surface area (Å²) in [5.74, 6) is 7.27. The summed E-state index contributed by atoms with van der Waals surface area (Å²) in [6.45, 7) is 6.53. The van der Waals surface area contributed by atoms with E-state index in [9.17, 15) is 9.90 Å². The molecule has 240 valence electrons. The number of esters is 1. The Morgan fingerprint density at radius 1 is 0.800 bits per heavy atom. The summed E-state index contributed by atoms with van der Waals surface area (Å²) in [6, 6.07) is 19.4. The number of hydrogen-bond acceptors (Lipinski definition) is 5. The lowest BCUT2D eigenvalue weighted by Gasteiger charge is -2.14. The van der Waals surface area contributed by atoms with Gasteiger partial charge in [-0.1, -0.05) is 89.9 Å². The topological polar surface area (TPSA) is 68.1 Å². The van der Waals surface area contributed by atoms with Crippen LogP contribution in [0.1, 0.15) is 132 Å². The van der Waals surface area contributed by atoms with Gasteiger partial charge in [-0.2, -0.15) is 0 Å². The first-order valence-corrected chi connectivity index (χ1v) is 16.9. The molecule has 0 amide bonds. The van der Waals surface area contributed by atoms with Crippen molar-refractivity contribution < 1.29 is 19.4 Å². The number of benzene rings is 3. The Morgan fingerprint density at radius 3 is 2.09 bits per heavy atom. The first kappa shape index (κ1) is 35.4. The minimum absolute atomic E-state index is 0.137. The number of phenols is 1. The third-order valence-electron chi connectivity index (χ3n) is 7.71. The van der Waals surface area contributed by atoms with Crippen LogP contribution in [0.25, 0.3) is 0 Å². The van der Waals surface area contributed by atoms with Crippen molar-refractivity contribution in [1.82, 2.24) is 0 Å². The van der Waals surface area contributed by atoms with E-state index in [1.165, 1.54) is 64.2 Å². The molecular weight excluding hydrogens is 558 g/mol.